The summed E-state index contributed by atoms with van der Waals surface area (Å²) in [4.78, 5) is 27.5. The van der Waals surface area contributed by atoms with Crippen molar-refractivity contribution in [2.24, 2.45) is 0 Å². The van der Waals surface area contributed by atoms with Crippen LogP contribution in [-0.2, 0) is 4.74 Å². The van der Waals surface area contributed by atoms with E-state index in [4.69, 9.17) is 0 Å². The highest BCUT2D eigenvalue weighted by atomic mass is 16.5. The lowest BCUT2D eigenvalue weighted by Gasteiger charge is -2.03. The van der Waals surface area contributed by atoms with E-state index in [-0.39, 0.29) is 11.3 Å². The molecule has 3 aromatic rings. The van der Waals surface area contributed by atoms with Gasteiger partial charge in [-0.1, -0.05) is 12.1 Å². The van der Waals surface area contributed by atoms with E-state index in [1.54, 1.807) is 24.3 Å². The third kappa shape index (κ3) is 1.30. The van der Waals surface area contributed by atoms with Crippen LogP contribution >= 0.6 is 0 Å². The minimum Gasteiger partial charge on any atom is -0.464 e. The molecule has 1 aromatic carbocycles. The Hall–Kier alpha value is -2.70. The van der Waals surface area contributed by atoms with Gasteiger partial charge >= 0.3 is 11.7 Å². The summed E-state index contributed by atoms with van der Waals surface area (Å²) in [6.45, 7) is 0. The Bertz CT molecular complexity index is 818. The van der Waals surface area contributed by atoms with Crippen LogP contribution in [0, 0.1) is 0 Å². The number of aromatic nitrogens is 4. The lowest BCUT2D eigenvalue weighted by atomic mass is 10.3. The summed E-state index contributed by atoms with van der Waals surface area (Å²) in [6, 6.07) is 6.99. The molecule has 0 amide bonds. The number of esters is 1. The molecule has 90 valence electrons. The fourth-order valence-electron chi connectivity index (χ4n) is 1.83. The van der Waals surface area contributed by atoms with E-state index in [1.165, 1.54) is 11.5 Å². The predicted molar refractivity (Wildman–Crippen MR) is 62.5 cm³/mol. The quantitative estimate of drug-likeness (QED) is 0.624. The zero-order valence-electron chi connectivity index (χ0n) is 9.38. The van der Waals surface area contributed by atoms with Crippen LogP contribution in [0.2, 0.25) is 0 Å². The SMILES string of the molecule is COC(=O)c1nc2ccccc2n2c(=O)[nH]nc12. The fraction of sp³-hybridized carbons (Fsp3) is 0.0909. The van der Waals surface area contributed by atoms with Crippen LogP contribution in [0.15, 0.2) is 29.1 Å². The first-order valence-electron chi connectivity index (χ1n) is 5.16. The molecular formula is C11H8N4O3. The summed E-state index contributed by atoms with van der Waals surface area (Å²) in [5.74, 6) is -0.634. The van der Waals surface area contributed by atoms with Crippen molar-refractivity contribution in [3.8, 4) is 0 Å². The van der Waals surface area contributed by atoms with E-state index in [1.807, 2.05) is 0 Å². The number of methoxy groups -OCH3 is 1. The Balaban J connectivity index is 2.56. The molecule has 0 unspecified atom stereocenters. The van der Waals surface area contributed by atoms with Gasteiger partial charge < -0.3 is 4.74 Å². The number of fused-ring (bicyclic) bond motifs is 3. The van der Waals surface area contributed by atoms with E-state index < -0.39 is 11.7 Å². The average molecular weight is 244 g/mol. The third-order valence-electron chi connectivity index (χ3n) is 2.62. The predicted octanol–water partition coefficient (Wildman–Crippen LogP) is 0.357. The lowest BCUT2D eigenvalue weighted by molar-refractivity contribution is 0.0596. The zero-order chi connectivity index (χ0) is 12.7. The summed E-state index contributed by atoms with van der Waals surface area (Å²) in [6.07, 6.45) is 0. The largest absolute Gasteiger partial charge is 0.464 e. The van der Waals surface area contributed by atoms with Crippen LogP contribution < -0.4 is 5.69 Å². The highest BCUT2D eigenvalue weighted by Crippen LogP contribution is 2.15. The number of carbonyl (C=O) groups excluding carboxylic acids is 1. The third-order valence-corrected chi connectivity index (χ3v) is 2.62. The van der Waals surface area contributed by atoms with E-state index in [0.29, 0.717) is 11.0 Å². The molecule has 0 spiro atoms. The maximum absolute atomic E-state index is 11.7. The second-order valence-electron chi connectivity index (χ2n) is 3.63. The van der Waals surface area contributed by atoms with Gasteiger partial charge in [0.05, 0.1) is 18.1 Å². The summed E-state index contributed by atoms with van der Waals surface area (Å²) in [7, 11) is 1.25. The number of ether oxygens (including phenoxy) is 1. The highest BCUT2D eigenvalue weighted by molar-refractivity contribution is 5.96. The first kappa shape index (κ1) is 10.5. The van der Waals surface area contributed by atoms with Crippen LogP contribution in [0.4, 0.5) is 0 Å². The second-order valence-corrected chi connectivity index (χ2v) is 3.63. The van der Waals surface area contributed by atoms with Crippen molar-refractivity contribution >= 4 is 22.6 Å². The average Bonchev–Trinajstić information content (AvgIpc) is 2.79. The van der Waals surface area contributed by atoms with Crippen LogP contribution in [0.1, 0.15) is 10.5 Å². The van der Waals surface area contributed by atoms with Crippen molar-refractivity contribution in [3.05, 3.63) is 40.4 Å². The molecule has 0 saturated heterocycles. The van der Waals surface area contributed by atoms with Gasteiger partial charge in [-0.05, 0) is 12.1 Å². The molecule has 2 aromatic heterocycles. The molecule has 7 nitrogen and oxygen atoms in total. The van der Waals surface area contributed by atoms with Crippen molar-refractivity contribution in [3.63, 3.8) is 0 Å². The smallest absolute Gasteiger partial charge is 0.360 e. The van der Waals surface area contributed by atoms with Crippen LogP contribution in [-0.4, -0.2) is 32.7 Å². The highest BCUT2D eigenvalue weighted by Gasteiger charge is 2.18. The molecule has 3 rings (SSSR count). The standard InChI is InChI=1S/C11H8N4O3/c1-18-10(16)8-9-13-14-11(17)15(9)7-5-3-2-4-6(7)12-8/h2-5H,1H3,(H,14,17). The Morgan fingerprint density at radius 3 is 2.94 bits per heavy atom. The minimum atomic E-state index is -0.634. The molecule has 0 aliphatic heterocycles. The fourth-order valence-corrected chi connectivity index (χ4v) is 1.83. The van der Waals surface area contributed by atoms with Crippen molar-refractivity contribution in [2.75, 3.05) is 7.11 Å². The molecule has 0 bridgehead atoms. The van der Waals surface area contributed by atoms with Gasteiger partial charge in [0.25, 0.3) is 0 Å². The minimum absolute atomic E-state index is 0.00884. The van der Waals surface area contributed by atoms with Gasteiger partial charge in [0.1, 0.15) is 0 Å². The van der Waals surface area contributed by atoms with E-state index in [2.05, 4.69) is 19.9 Å². The lowest BCUT2D eigenvalue weighted by Crippen LogP contribution is -2.14. The van der Waals surface area contributed by atoms with Crippen LogP contribution in [0.5, 0.6) is 0 Å². The first-order valence-corrected chi connectivity index (χ1v) is 5.16. The molecule has 18 heavy (non-hydrogen) atoms. The summed E-state index contributed by atoms with van der Waals surface area (Å²) in [5.41, 5.74) is 0.849. The van der Waals surface area contributed by atoms with Gasteiger partial charge in [-0.2, -0.15) is 0 Å². The van der Waals surface area contributed by atoms with Crippen molar-refractivity contribution in [2.45, 2.75) is 0 Å². The number of benzene rings is 1. The van der Waals surface area contributed by atoms with Gasteiger partial charge in [0, 0.05) is 0 Å². The maximum Gasteiger partial charge on any atom is 0.360 e. The molecule has 0 aliphatic carbocycles. The van der Waals surface area contributed by atoms with Crippen molar-refractivity contribution in [1.82, 2.24) is 19.6 Å². The molecule has 0 atom stereocenters. The van der Waals surface area contributed by atoms with Gasteiger partial charge in [0.2, 0.25) is 0 Å². The van der Waals surface area contributed by atoms with Gasteiger partial charge in [-0.3, -0.25) is 0 Å². The Morgan fingerprint density at radius 2 is 2.17 bits per heavy atom. The molecule has 1 N–H and O–H groups in total. The number of para-hydroxylation sites is 2. The van der Waals surface area contributed by atoms with Crippen LogP contribution in [0.25, 0.3) is 16.7 Å². The van der Waals surface area contributed by atoms with Crippen LogP contribution in [0.3, 0.4) is 0 Å². The number of aromatic amines is 1. The Morgan fingerprint density at radius 1 is 1.39 bits per heavy atom. The number of H-pyrrole nitrogens is 1. The number of hydrogen-bond donors (Lipinski definition) is 1. The summed E-state index contributed by atoms with van der Waals surface area (Å²) in [5, 5.41) is 6.10. The maximum atomic E-state index is 11.7. The van der Waals surface area contributed by atoms with Gasteiger partial charge in [0.15, 0.2) is 11.3 Å². The first-order chi connectivity index (χ1) is 8.72. The molecule has 2 heterocycles. The van der Waals surface area contributed by atoms with Gasteiger partial charge in [-0.25, -0.2) is 24.1 Å². The van der Waals surface area contributed by atoms with E-state index >= 15 is 0 Å². The second kappa shape index (κ2) is 3.66. The molecule has 0 radical (unpaired) electrons. The Labute approximate surface area is 100 Å². The topological polar surface area (TPSA) is 89.3 Å². The van der Waals surface area contributed by atoms with Crippen molar-refractivity contribution < 1.29 is 9.53 Å². The van der Waals surface area contributed by atoms with E-state index in [9.17, 15) is 9.59 Å². The number of rotatable bonds is 1. The molecule has 0 fully saturated rings. The Kier molecular flexibility index (Phi) is 2.12. The molecule has 0 saturated carbocycles. The number of nitrogens with zero attached hydrogens (tertiary/aromatic N) is 3. The number of nitrogens with one attached hydrogen (secondary N) is 1. The molecule has 0 aliphatic rings. The van der Waals surface area contributed by atoms with Gasteiger partial charge in [-0.15, -0.1) is 5.10 Å². The summed E-state index contributed by atoms with van der Waals surface area (Å²) < 4.78 is 5.93. The molecular weight excluding hydrogens is 236 g/mol. The van der Waals surface area contributed by atoms with E-state index in [0.717, 1.165) is 0 Å². The monoisotopic (exact) mass is 244 g/mol. The summed E-state index contributed by atoms with van der Waals surface area (Å²) >= 11 is 0. The normalized spacial score (nSPS) is 10.9. The number of carbonyl (C=O) groups is 1. The number of hydrogen-bond acceptors (Lipinski definition) is 5. The zero-order valence-corrected chi connectivity index (χ0v) is 9.38. The molecule has 7 heteroatoms. The van der Waals surface area contributed by atoms with Crippen molar-refractivity contribution in [1.29, 1.82) is 0 Å².